The third-order valence-corrected chi connectivity index (χ3v) is 4.84. The van der Waals surface area contributed by atoms with Crippen molar-refractivity contribution in [3.63, 3.8) is 0 Å². The number of nitrogens with zero attached hydrogens (tertiary/aromatic N) is 1. The van der Waals surface area contributed by atoms with Gasteiger partial charge in [0.05, 0.1) is 5.92 Å². The fourth-order valence-corrected chi connectivity index (χ4v) is 3.23. The van der Waals surface area contributed by atoms with Crippen LogP contribution in [0.3, 0.4) is 0 Å². The zero-order chi connectivity index (χ0) is 18.3. The van der Waals surface area contributed by atoms with Crippen LogP contribution in [0.15, 0.2) is 12.2 Å². The molecule has 0 amide bonds. The first-order valence-electron chi connectivity index (χ1n) is 8.58. The van der Waals surface area contributed by atoms with Crippen molar-refractivity contribution >= 4 is 0 Å². The number of rotatable bonds is 12. The molecule has 0 aromatic heterocycles. The highest BCUT2D eigenvalue weighted by Crippen LogP contribution is 2.54. The quantitative estimate of drug-likeness (QED) is 0.187. The van der Waals surface area contributed by atoms with Crippen molar-refractivity contribution in [1.29, 1.82) is 0 Å². The maximum atomic E-state index is 13.4. The highest BCUT2D eigenvalue weighted by molar-refractivity contribution is 5.11. The second kappa shape index (κ2) is 9.72. The van der Waals surface area contributed by atoms with Crippen LogP contribution in [0.4, 0.5) is 13.2 Å². The van der Waals surface area contributed by atoms with E-state index < -0.39 is 18.4 Å². The van der Waals surface area contributed by atoms with Gasteiger partial charge in [-0.2, -0.15) is 13.2 Å². The van der Waals surface area contributed by atoms with E-state index in [0.717, 1.165) is 13.0 Å². The molecule has 1 rings (SSSR count). The maximum absolute atomic E-state index is 13.4. The number of hydrazine groups is 1. The van der Waals surface area contributed by atoms with Gasteiger partial charge >= 0.3 is 6.18 Å². The van der Waals surface area contributed by atoms with E-state index in [0.29, 0.717) is 38.0 Å². The van der Waals surface area contributed by atoms with Gasteiger partial charge < -0.3 is 10.0 Å². The van der Waals surface area contributed by atoms with Crippen LogP contribution in [-0.2, 0) is 0 Å². The lowest BCUT2D eigenvalue weighted by Crippen LogP contribution is -2.48. The summed E-state index contributed by atoms with van der Waals surface area (Å²) >= 11 is 0. The average molecular weight is 352 g/mol. The molecule has 0 spiro atoms. The number of halogens is 3. The Morgan fingerprint density at radius 1 is 1.38 bits per heavy atom. The van der Waals surface area contributed by atoms with E-state index in [1.807, 2.05) is 18.7 Å². The maximum Gasteiger partial charge on any atom is 0.395 e. The molecule has 1 aliphatic carbocycles. The van der Waals surface area contributed by atoms with Crippen LogP contribution >= 0.6 is 0 Å². The van der Waals surface area contributed by atoms with Gasteiger partial charge in [-0.25, -0.2) is 5.43 Å². The molecule has 8 heteroatoms. The van der Waals surface area contributed by atoms with E-state index in [9.17, 15) is 18.3 Å². The summed E-state index contributed by atoms with van der Waals surface area (Å²) in [7, 11) is 0. The van der Waals surface area contributed by atoms with Gasteiger partial charge in [0.15, 0.2) is 6.35 Å². The summed E-state index contributed by atoms with van der Waals surface area (Å²) in [6.07, 6.45) is -3.40. The predicted molar refractivity (Wildman–Crippen MR) is 88.6 cm³/mol. The number of hydrogen-bond acceptors (Lipinski definition) is 5. The number of aliphatic hydroxyl groups is 1. The van der Waals surface area contributed by atoms with Gasteiger partial charge in [0, 0.05) is 19.6 Å². The molecule has 5 nitrogen and oxygen atoms in total. The molecule has 24 heavy (non-hydrogen) atoms. The van der Waals surface area contributed by atoms with E-state index in [1.54, 1.807) is 0 Å². The normalized spacial score (nSPS) is 23.3. The predicted octanol–water partition coefficient (Wildman–Crippen LogP) is 1.81. The van der Waals surface area contributed by atoms with Crippen molar-refractivity contribution in [2.75, 3.05) is 26.2 Å². The molecule has 0 bridgehead atoms. The third-order valence-electron chi connectivity index (χ3n) is 4.84. The van der Waals surface area contributed by atoms with Gasteiger partial charge in [0.1, 0.15) is 0 Å². The molecule has 1 saturated carbocycles. The van der Waals surface area contributed by atoms with Crippen molar-refractivity contribution in [2.24, 2.45) is 23.6 Å². The molecule has 0 saturated heterocycles. The number of likely N-dealkylation sites (N-methyl/N-ethyl adjacent to an activating group) is 1. The number of aliphatic hydroxyl groups excluding tert-OH is 1. The van der Waals surface area contributed by atoms with Crippen molar-refractivity contribution in [1.82, 2.24) is 15.6 Å². The van der Waals surface area contributed by atoms with Gasteiger partial charge in [-0.3, -0.25) is 11.2 Å². The summed E-state index contributed by atoms with van der Waals surface area (Å²) in [6, 6.07) is 0. The van der Waals surface area contributed by atoms with Crippen molar-refractivity contribution in [3.05, 3.63) is 12.2 Å². The Labute approximate surface area is 142 Å². The fraction of sp³-hybridized carbons (Fsp3) is 0.875. The Hall–Kier alpha value is -0.670. The Morgan fingerprint density at radius 3 is 2.50 bits per heavy atom. The minimum Gasteiger partial charge on any atom is -0.364 e. The molecule has 4 atom stereocenters. The fourth-order valence-electron chi connectivity index (χ4n) is 3.23. The minimum atomic E-state index is -4.21. The number of alkyl halides is 3. The van der Waals surface area contributed by atoms with E-state index in [4.69, 9.17) is 5.84 Å². The Balaban J connectivity index is 2.46. The highest BCUT2D eigenvalue weighted by Gasteiger charge is 2.54. The molecule has 1 unspecified atom stereocenters. The third kappa shape index (κ3) is 6.68. The van der Waals surface area contributed by atoms with Crippen LogP contribution in [0.2, 0.25) is 0 Å². The second-order valence-electron chi connectivity index (χ2n) is 6.45. The SMILES string of the molecule is C=C(CCN(CC)CCNC(O)NN)[C@@H]([C@@H]1C[C@@H]1CC)C(F)(F)F. The molecule has 0 radical (unpaired) electrons. The van der Waals surface area contributed by atoms with Gasteiger partial charge in [0.2, 0.25) is 0 Å². The first-order chi connectivity index (χ1) is 11.2. The number of nitrogens with two attached hydrogens (primary N) is 1. The first kappa shape index (κ1) is 21.4. The molecule has 0 heterocycles. The summed E-state index contributed by atoms with van der Waals surface area (Å²) in [5, 5.41) is 12.0. The Morgan fingerprint density at radius 2 is 2.04 bits per heavy atom. The smallest absolute Gasteiger partial charge is 0.364 e. The number of nitrogens with one attached hydrogen (secondary N) is 2. The highest BCUT2D eigenvalue weighted by atomic mass is 19.4. The van der Waals surface area contributed by atoms with E-state index in [-0.39, 0.29) is 11.8 Å². The average Bonchev–Trinajstić information content (AvgIpc) is 3.27. The standard InChI is InChI=1S/C16H31F3N4O/c1-4-12-10-13(12)14(16(17,18)19)11(3)6-8-23(5-2)9-7-21-15(24)22-20/h12-15,21-22,24H,3-10,20H2,1-2H3/t12-,13+,14-,15?/m0/s1. The number of hydrogen-bond donors (Lipinski definition) is 4. The summed E-state index contributed by atoms with van der Waals surface area (Å²) in [5.41, 5.74) is 2.44. The molecule has 0 aliphatic heterocycles. The van der Waals surface area contributed by atoms with Crippen LogP contribution in [0.1, 0.15) is 33.1 Å². The molecule has 1 fully saturated rings. The molecule has 0 aromatic carbocycles. The van der Waals surface area contributed by atoms with Gasteiger partial charge in [-0.05, 0) is 31.2 Å². The van der Waals surface area contributed by atoms with E-state index >= 15 is 0 Å². The molecule has 0 aromatic rings. The lowest BCUT2D eigenvalue weighted by molar-refractivity contribution is -0.170. The van der Waals surface area contributed by atoms with Crippen molar-refractivity contribution in [2.45, 2.75) is 45.6 Å². The van der Waals surface area contributed by atoms with Crippen LogP contribution in [0.25, 0.3) is 0 Å². The van der Waals surface area contributed by atoms with E-state index in [1.165, 1.54) is 0 Å². The van der Waals surface area contributed by atoms with Gasteiger partial charge in [-0.15, -0.1) is 0 Å². The minimum absolute atomic E-state index is 0.185. The Kier molecular flexibility index (Phi) is 8.66. The van der Waals surface area contributed by atoms with Gasteiger partial charge in [0.25, 0.3) is 0 Å². The molecular weight excluding hydrogens is 321 g/mol. The van der Waals surface area contributed by atoms with Crippen LogP contribution in [-0.4, -0.2) is 48.7 Å². The second-order valence-corrected chi connectivity index (χ2v) is 6.45. The van der Waals surface area contributed by atoms with E-state index in [2.05, 4.69) is 17.3 Å². The topological polar surface area (TPSA) is 73.5 Å². The zero-order valence-corrected chi connectivity index (χ0v) is 14.6. The van der Waals surface area contributed by atoms with Gasteiger partial charge in [-0.1, -0.05) is 32.4 Å². The van der Waals surface area contributed by atoms with Crippen molar-refractivity contribution < 1.29 is 18.3 Å². The first-order valence-corrected chi connectivity index (χ1v) is 8.58. The lowest BCUT2D eigenvalue weighted by Gasteiger charge is -2.26. The largest absolute Gasteiger partial charge is 0.395 e. The monoisotopic (exact) mass is 352 g/mol. The van der Waals surface area contributed by atoms with Crippen LogP contribution < -0.4 is 16.6 Å². The summed E-state index contributed by atoms with van der Waals surface area (Å²) in [5.74, 6) is 3.58. The molecule has 1 aliphatic rings. The van der Waals surface area contributed by atoms with Crippen molar-refractivity contribution in [3.8, 4) is 0 Å². The Bertz CT molecular complexity index is 392. The lowest BCUT2D eigenvalue weighted by atomic mass is 9.90. The van der Waals surface area contributed by atoms with Crippen LogP contribution in [0.5, 0.6) is 0 Å². The summed E-state index contributed by atoms with van der Waals surface area (Å²) in [6.45, 7) is 9.99. The summed E-state index contributed by atoms with van der Waals surface area (Å²) in [4.78, 5) is 2.03. The molecular formula is C16H31F3N4O. The van der Waals surface area contributed by atoms with Crippen LogP contribution in [0, 0.1) is 17.8 Å². The molecule has 142 valence electrons. The summed E-state index contributed by atoms with van der Waals surface area (Å²) < 4.78 is 40.1. The zero-order valence-electron chi connectivity index (χ0n) is 14.6. The molecule has 5 N–H and O–H groups in total.